The van der Waals surface area contributed by atoms with Crippen LogP contribution >= 0.6 is 0 Å². The second-order valence-electron chi connectivity index (χ2n) is 6.67. The van der Waals surface area contributed by atoms with Crippen molar-refractivity contribution in [1.29, 1.82) is 0 Å². The second-order valence-corrected chi connectivity index (χ2v) is 6.67. The molecule has 9 nitrogen and oxygen atoms in total. The quantitative estimate of drug-likeness (QED) is 0.638. The molecule has 1 aromatic heterocycles. The molecule has 1 aliphatic rings. The average Bonchev–Trinajstić information content (AvgIpc) is 3.20. The van der Waals surface area contributed by atoms with Crippen molar-refractivity contribution in [2.75, 3.05) is 18.1 Å². The molecule has 3 aromatic rings. The Morgan fingerprint density at radius 2 is 1.83 bits per heavy atom. The highest BCUT2D eigenvalue weighted by Gasteiger charge is 2.27. The van der Waals surface area contributed by atoms with Crippen molar-refractivity contribution in [2.45, 2.75) is 6.92 Å². The monoisotopic (exact) mass is 405 g/mol. The zero-order valence-corrected chi connectivity index (χ0v) is 16.2. The van der Waals surface area contributed by atoms with Gasteiger partial charge in [0.05, 0.1) is 11.4 Å². The number of nitrogens with zero attached hydrogens (tertiary/aromatic N) is 3. The van der Waals surface area contributed by atoms with E-state index in [2.05, 4.69) is 16.0 Å². The maximum Gasteiger partial charge on any atom is 0.269 e. The van der Waals surface area contributed by atoms with E-state index < -0.39 is 11.8 Å². The molecule has 9 heteroatoms. The fourth-order valence-corrected chi connectivity index (χ4v) is 3.10. The van der Waals surface area contributed by atoms with Gasteiger partial charge in [0.25, 0.3) is 17.7 Å². The number of carbonyl (C=O) groups excluding carboxylic acids is 3. The summed E-state index contributed by atoms with van der Waals surface area (Å²) in [6, 6.07) is 15.6. The first-order chi connectivity index (χ1) is 14.5. The number of aromatic nitrogens is 2. The Labute approximate surface area is 172 Å². The van der Waals surface area contributed by atoms with Gasteiger partial charge in [-0.3, -0.25) is 30.1 Å². The van der Waals surface area contributed by atoms with Crippen LogP contribution in [0.2, 0.25) is 0 Å². The topological polar surface area (TPSA) is 106 Å². The maximum atomic E-state index is 12.3. The van der Waals surface area contributed by atoms with E-state index >= 15 is 0 Å². The lowest BCUT2D eigenvalue weighted by Gasteiger charge is -2.28. The third-order valence-electron chi connectivity index (χ3n) is 4.63. The highest BCUT2D eigenvalue weighted by molar-refractivity contribution is 6.02. The number of nitrogens with one attached hydrogen (secondary N) is 2. The Kier molecular flexibility index (Phi) is 5.17. The molecule has 0 atom stereocenters. The van der Waals surface area contributed by atoms with Gasteiger partial charge in [-0.25, -0.2) is 4.68 Å². The molecule has 2 aromatic carbocycles. The van der Waals surface area contributed by atoms with Crippen LogP contribution in [0.5, 0.6) is 5.75 Å². The first-order valence-electron chi connectivity index (χ1n) is 9.25. The number of hydrazine groups is 1. The van der Waals surface area contributed by atoms with E-state index in [9.17, 15) is 14.4 Å². The fraction of sp³-hybridized carbons (Fsp3) is 0.143. The molecule has 0 unspecified atom stereocenters. The Hall–Kier alpha value is -4.14. The fourth-order valence-electron chi connectivity index (χ4n) is 3.10. The van der Waals surface area contributed by atoms with Crippen molar-refractivity contribution in [3.63, 3.8) is 0 Å². The number of benzene rings is 2. The number of para-hydroxylation sites is 2. The molecule has 0 aliphatic carbocycles. The van der Waals surface area contributed by atoms with Gasteiger partial charge in [-0.2, -0.15) is 5.10 Å². The van der Waals surface area contributed by atoms with Crippen LogP contribution in [0.15, 0.2) is 60.8 Å². The maximum absolute atomic E-state index is 12.3. The molecular weight excluding hydrogens is 386 g/mol. The van der Waals surface area contributed by atoms with Crippen molar-refractivity contribution >= 4 is 23.4 Å². The van der Waals surface area contributed by atoms with E-state index in [1.54, 1.807) is 59.4 Å². The lowest BCUT2D eigenvalue weighted by Crippen LogP contribution is -2.49. The minimum atomic E-state index is -0.530. The number of carbonyl (C=O) groups is 3. The summed E-state index contributed by atoms with van der Waals surface area (Å²) in [5.74, 6) is -0.806. The summed E-state index contributed by atoms with van der Waals surface area (Å²) >= 11 is 0. The highest BCUT2D eigenvalue weighted by atomic mass is 16.5. The molecule has 3 amide bonds. The molecule has 2 heterocycles. The van der Waals surface area contributed by atoms with Crippen LogP contribution in [0.4, 0.5) is 5.69 Å². The predicted octanol–water partition coefficient (Wildman–Crippen LogP) is 1.37. The van der Waals surface area contributed by atoms with Gasteiger partial charge >= 0.3 is 0 Å². The Morgan fingerprint density at radius 1 is 1.07 bits per heavy atom. The zero-order chi connectivity index (χ0) is 21.1. The summed E-state index contributed by atoms with van der Waals surface area (Å²) in [6.07, 6.45) is 1.70. The SMILES string of the molecule is Cc1ccnn1-c1ccc(C(=O)NNC(=O)CN2C(=O)COc3ccccc32)cc1. The molecule has 152 valence electrons. The van der Waals surface area contributed by atoms with E-state index in [1.165, 1.54) is 4.90 Å². The molecule has 30 heavy (non-hydrogen) atoms. The normalized spacial score (nSPS) is 12.7. The molecular formula is C21H19N5O4. The number of ether oxygens (including phenoxy) is 1. The average molecular weight is 405 g/mol. The van der Waals surface area contributed by atoms with Gasteiger partial charge in [0.15, 0.2) is 6.61 Å². The summed E-state index contributed by atoms with van der Waals surface area (Å²) < 4.78 is 7.10. The number of anilines is 1. The van der Waals surface area contributed by atoms with Gasteiger partial charge in [-0.1, -0.05) is 12.1 Å². The van der Waals surface area contributed by atoms with Crippen LogP contribution < -0.4 is 20.5 Å². The number of fused-ring (bicyclic) bond motifs is 1. The summed E-state index contributed by atoms with van der Waals surface area (Å²) in [5.41, 5.74) is 7.38. The smallest absolute Gasteiger partial charge is 0.269 e. The van der Waals surface area contributed by atoms with Gasteiger partial charge < -0.3 is 4.74 Å². The van der Waals surface area contributed by atoms with E-state index in [4.69, 9.17) is 4.74 Å². The van der Waals surface area contributed by atoms with Crippen molar-refractivity contribution in [1.82, 2.24) is 20.6 Å². The first kappa shape index (κ1) is 19.2. The molecule has 0 spiro atoms. The lowest BCUT2D eigenvalue weighted by atomic mass is 10.2. The number of hydrogen-bond acceptors (Lipinski definition) is 5. The predicted molar refractivity (Wildman–Crippen MR) is 108 cm³/mol. The van der Waals surface area contributed by atoms with Crippen LogP contribution in [0.1, 0.15) is 16.1 Å². The van der Waals surface area contributed by atoms with E-state index in [-0.39, 0.29) is 19.1 Å². The second kappa shape index (κ2) is 8.08. The first-order valence-corrected chi connectivity index (χ1v) is 9.25. The van der Waals surface area contributed by atoms with Crippen LogP contribution in [0.3, 0.4) is 0 Å². The van der Waals surface area contributed by atoms with Crippen molar-refractivity contribution < 1.29 is 19.1 Å². The molecule has 4 rings (SSSR count). The largest absolute Gasteiger partial charge is 0.482 e. The van der Waals surface area contributed by atoms with Crippen molar-refractivity contribution in [2.24, 2.45) is 0 Å². The Morgan fingerprint density at radius 3 is 2.57 bits per heavy atom. The highest BCUT2D eigenvalue weighted by Crippen LogP contribution is 2.31. The number of aryl methyl sites for hydroxylation is 1. The molecule has 1 aliphatic heterocycles. The Bertz CT molecular complexity index is 1110. The van der Waals surface area contributed by atoms with Gasteiger partial charge in [0, 0.05) is 17.5 Å². The molecule has 0 radical (unpaired) electrons. The Balaban J connectivity index is 1.36. The minimum Gasteiger partial charge on any atom is -0.482 e. The minimum absolute atomic E-state index is 0.140. The lowest BCUT2D eigenvalue weighted by molar-refractivity contribution is -0.125. The molecule has 0 saturated heterocycles. The number of amides is 3. The standard InChI is InChI=1S/C21H19N5O4/c1-14-10-11-22-26(14)16-8-6-15(7-9-16)21(29)24-23-19(27)12-25-17-4-2-3-5-18(17)30-13-20(25)28/h2-11H,12-13H2,1H3,(H,23,27)(H,24,29). The van der Waals surface area contributed by atoms with Gasteiger partial charge in [-0.05, 0) is 49.4 Å². The van der Waals surface area contributed by atoms with Gasteiger partial charge in [0.2, 0.25) is 0 Å². The number of hydrogen-bond donors (Lipinski definition) is 2. The molecule has 0 bridgehead atoms. The summed E-state index contributed by atoms with van der Waals surface area (Å²) in [5, 5.41) is 4.22. The van der Waals surface area contributed by atoms with Crippen molar-refractivity contribution in [3.05, 3.63) is 72.1 Å². The zero-order valence-electron chi connectivity index (χ0n) is 16.2. The van der Waals surface area contributed by atoms with Gasteiger partial charge in [-0.15, -0.1) is 0 Å². The van der Waals surface area contributed by atoms with Crippen LogP contribution in [-0.2, 0) is 9.59 Å². The van der Waals surface area contributed by atoms with Crippen LogP contribution in [0, 0.1) is 6.92 Å². The number of rotatable bonds is 4. The van der Waals surface area contributed by atoms with E-state index in [0.29, 0.717) is 17.0 Å². The van der Waals surface area contributed by atoms with Crippen LogP contribution in [0.25, 0.3) is 5.69 Å². The molecule has 0 fully saturated rings. The van der Waals surface area contributed by atoms with E-state index in [0.717, 1.165) is 11.4 Å². The van der Waals surface area contributed by atoms with Crippen LogP contribution in [-0.4, -0.2) is 40.7 Å². The third-order valence-corrected chi connectivity index (χ3v) is 4.63. The van der Waals surface area contributed by atoms with E-state index in [1.807, 2.05) is 13.0 Å². The van der Waals surface area contributed by atoms with Gasteiger partial charge in [0.1, 0.15) is 12.3 Å². The summed E-state index contributed by atoms with van der Waals surface area (Å²) in [4.78, 5) is 38.1. The molecule has 2 N–H and O–H groups in total. The van der Waals surface area contributed by atoms with Crippen molar-refractivity contribution in [3.8, 4) is 11.4 Å². The molecule has 0 saturated carbocycles. The third kappa shape index (κ3) is 3.86. The summed E-state index contributed by atoms with van der Waals surface area (Å²) in [6.45, 7) is 1.55. The summed E-state index contributed by atoms with van der Waals surface area (Å²) in [7, 11) is 0.